The van der Waals surface area contributed by atoms with Crippen molar-refractivity contribution in [3.05, 3.63) is 180 Å². The van der Waals surface area contributed by atoms with E-state index < -0.39 is 41.0 Å². The Bertz CT molecular complexity index is 4180. The number of rotatable bonds is 23. The number of pyridine rings is 3. The van der Waals surface area contributed by atoms with Crippen LogP contribution in [-0.4, -0.2) is 182 Å². The minimum absolute atomic E-state index is 0.0234. The van der Waals surface area contributed by atoms with Gasteiger partial charge in [0.05, 0.1) is 0 Å². The smallest absolute Gasteiger partial charge is 0.410 e. The van der Waals surface area contributed by atoms with Gasteiger partial charge in [-0.25, -0.2) is 28.5 Å². The number of hydrogen-bond donors (Lipinski definition) is 2. The van der Waals surface area contributed by atoms with Gasteiger partial charge in [-0.05, 0) is 194 Å². The predicted octanol–water partition coefficient (Wildman–Crippen LogP) is 12.4. The van der Waals surface area contributed by atoms with Crippen molar-refractivity contribution in [1.29, 1.82) is 0 Å². The third kappa shape index (κ3) is 20.9. The van der Waals surface area contributed by atoms with Crippen molar-refractivity contribution < 1.29 is 51.9 Å². The molecule has 4 fully saturated rings. The monoisotopic (exact) mass is 1460 g/mol. The minimum atomic E-state index is -0.858. The Morgan fingerprint density at radius 3 is 1.31 bits per heavy atom. The van der Waals surface area contributed by atoms with Crippen molar-refractivity contribution in [3.63, 3.8) is 0 Å². The molecule has 2 saturated carbocycles. The van der Waals surface area contributed by atoms with E-state index in [1.807, 2.05) is 101 Å². The maximum atomic E-state index is 14.5. The van der Waals surface area contributed by atoms with Crippen molar-refractivity contribution in [2.75, 3.05) is 46.3 Å². The van der Waals surface area contributed by atoms with E-state index in [0.29, 0.717) is 81.2 Å². The molecule has 6 aromatic heterocycles. The van der Waals surface area contributed by atoms with Crippen molar-refractivity contribution in [3.8, 4) is 0 Å². The van der Waals surface area contributed by atoms with Gasteiger partial charge in [0.15, 0.2) is 0 Å². The molecule has 0 bridgehead atoms. The van der Waals surface area contributed by atoms with Gasteiger partial charge in [-0.2, -0.15) is 0 Å². The molecular formula is C80H100ClF2N13O9. The number of likely N-dealkylation sites (tertiary alicyclic amines) is 2. The van der Waals surface area contributed by atoms with Gasteiger partial charge in [-0.3, -0.25) is 38.5 Å². The van der Waals surface area contributed by atoms with Crippen LogP contribution in [0.1, 0.15) is 180 Å². The van der Waals surface area contributed by atoms with Crippen molar-refractivity contribution >= 4 is 75.3 Å². The summed E-state index contributed by atoms with van der Waals surface area (Å²) in [4.78, 5) is 128. The first-order chi connectivity index (χ1) is 50.4. The topological polar surface area (TPSA) is 238 Å². The van der Waals surface area contributed by atoms with Crippen LogP contribution in [0.2, 0.25) is 0 Å². The third-order valence-corrected chi connectivity index (χ3v) is 20.9. The summed E-state index contributed by atoms with van der Waals surface area (Å²) in [7, 11) is 1.52. The van der Waals surface area contributed by atoms with Crippen molar-refractivity contribution in [2.45, 2.75) is 187 Å². The Kier molecular flexibility index (Phi) is 27.1. The molecule has 2 aliphatic carbocycles. The molecule has 2 aliphatic heterocycles. The molecule has 7 amide bonds. The Morgan fingerprint density at radius 1 is 0.543 bits per heavy atom. The molecule has 0 unspecified atom stereocenters. The molecule has 25 heteroatoms. The minimum Gasteiger partial charge on any atom is -0.444 e. The zero-order chi connectivity index (χ0) is 74.9. The van der Waals surface area contributed by atoms with E-state index in [1.165, 1.54) is 36.2 Å². The number of fused-ring (bicyclic) bond motifs is 3. The van der Waals surface area contributed by atoms with Gasteiger partial charge >= 0.3 is 6.09 Å². The SMILES string of the molecule is CC[C@@H](C)C(=O)N[C@H](C(=O)N1CCC[C@H]1CN(CCc1ccc(F)cc1)C(=O)c1cn2ccccc2n1)C1CCCCC1.C[C@@H](C(=O)N[C@H](C(=O)N1CCC[C@H]1CN(CCc1ccc(F)cc1)C(=O)c1cn2ccccc2n1)C1CCCCC1)N(C)C(=O)OC(C)(C)C.O=C(Cl)c1cn2ccccc2n1. The van der Waals surface area contributed by atoms with Crippen LogP contribution in [0.25, 0.3) is 16.9 Å². The average molecular weight is 1460 g/mol. The maximum absolute atomic E-state index is 14.5. The number of ether oxygens (including phenoxy) is 1. The molecule has 105 heavy (non-hydrogen) atoms. The van der Waals surface area contributed by atoms with E-state index in [-0.39, 0.29) is 76.7 Å². The second kappa shape index (κ2) is 36.4. The van der Waals surface area contributed by atoms with Gasteiger partial charge < -0.3 is 48.2 Å². The Balaban J connectivity index is 0.000000195. The maximum Gasteiger partial charge on any atom is 0.410 e. The fourth-order valence-corrected chi connectivity index (χ4v) is 14.5. The number of benzene rings is 2. The molecule has 8 heterocycles. The van der Waals surface area contributed by atoms with E-state index in [9.17, 15) is 47.1 Å². The summed E-state index contributed by atoms with van der Waals surface area (Å²) in [5.74, 6) is -1.77. The van der Waals surface area contributed by atoms with Gasteiger partial charge in [0.25, 0.3) is 17.1 Å². The molecule has 0 spiro atoms. The lowest BCUT2D eigenvalue weighted by molar-refractivity contribution is -0.140. The molecule has 2 saturated heterocycles. The number of nitrogens with zero attached hydrogens (tertiary/aromatic N) is 11. The summed E-state index contributed by atoms with van der Waals surface area (Å²) >= 11 is 5.26. The number of halogens is 3. The van der Waals surface area contributed by atoms with E-state index in [4.69, 9.17) is 16.3 Å². The number of nitrogens with one attached hydrogen (secondary N) is 2. The van der Waals surface area contributed by atoms with Gasteiger partial charge in [-0.1, -0.05) is 94.8 Å². The van der Waals surface area contributed by atoms with Gasteiger partial charge in [-0.15, -0.1) is 0 Å². The highest BCUT2D eigenvalue weighted by Crippen LogP contribution is 2.33. The molecule has 22 nitrogen and oxygen atoms in total. The summed E-state index contributed by atoms with van der Waals surface area (Å²) in [6.07, 6.45) is 24.7. The number of likely N-dealkylation sites (N-methyl/N-ethyl adjacent to an activating group) is 1. The third-order valence-electron chi connectivity index (χ3n) is 20.7. The normalized spacial score (nSPS) is 17.5. The molecule has 4 aliphatic rings. The zero-order valence-electron chi connectivity index (χ0n) is 61.4. The number of imidazole rings is 3. The van der Waals surface area contributed by atoms with Crippen molar-refractivity contribution in [2.24, 2.45) is 17.8 Å². The first-order valence-corrected chi connectivity index (χ1v) is 37.6. The lowest BCUT2D eigenvalue weighted by atomic mass is 9.83. The number of hydrogen-bond acceptors (Lipinski definition) is 12. The molecule has 8 aromatic rings. The second-order valence-corrected chi connectivity index (χ2v) is 29.6. The fraction of sp³-hybridized carbons (Fsp3) is 0.487. The standard InChI is InChI=1S/C38H51FN6O5.C34H44FN5O3.C8H5ClN2O/c1-26(42(5)37(49)50-38(2,3)4)34(46)41-33(28-12-7-6-8-13-28)36(48)45-22-11-14-30(45)24-44(23-20-27-16-18-29(39)19-17-27)35(47)31-25-43-21-10-9-15-32(43)40-31;1-3-24(2)32(41)37-31(26-10-5-4-6-11-26)34(43)40-20-9-12-28(40)22-39(21-18-25-14-16-27(35)17-15-25)33(42)29-23-38-19-8-7-13-30(38)36-29;9-8(12)6-5-11-4-2-1-3-7(11)10-6/h9-10,15-19,21,25-26,28,30,33H,6-8,11-14,20,22-24H2,1-5H3,(H,41,46);7-8,13-17,19,23-24,26,28,31H,3-6,9-12,18,20-22H2,1-2H3,(H,37,41);1-5H/t26-,30-,33-;24-,28+,31+;/m01./s1. The van der Waals surface area contributed by atoms with Crippen LogP contribution < -0.4 is 10.6 Å². The summed E-state index contributed by atoms with van der Waals surface area (Å²) in [6, 6.07) is 26.7. The number of aromatic nitrogens is 6. The summed E-state index contributed by atoms with van der Waals surface area (Å²) in [6.45, 7) is 13.4. The summed E-state index contributed by atoms with van der Waals surface area (Å²) in [5, 5.41) is 5.67. The number of carbonyl (C=O) groups excluding carboxylic acids is 8. The first-order valence-electron chi connectivity index (χ1n) is 37.2. The van der Waals surface area contributed by atoms with Crippen LogP contribution in [0.15, 0.2) is 140 Å². The van der Waals surface area contributed by atoms with E-state index >= 15 is 0 Å². The quantitative estimate of drug-likeness (QED) is 0.0569. The van der Waals surface area contributed by atoms with Crippen LogP contribution >= 0.6 is 11.6 Å². The van der Waals surface area contributed by atoms with Crippen LogP contribution in [0.5, 0.6) is 0 Å². The van der Waals surface area contributed by atoms with Gasteiger partial charge in [0.1, 0.15) is 69.4 Å². The van der Waals surface area contributed by atoms with Gasteiger partial charge in [0, 0.05) is 101 Å². The number of carbonyl (C=O) groups is 8. The zero-order valence-corrected chi connectivity index (χ0v) is 62.1. The highest BCUT2D eigenvalue weighted by Gasteiger charge is 2.43. The Morgan fingerprint density at radius 2 is 0.933 bits per heavy atom. The second-order valence-electron chi connectivity index (χ2n) is 29.3. The van der Waals surface area contributed by atoms with Crippen LogP contribution in [0, 0.1) is 29.4 Å². The lowest BCUT2D eigenvalue weighted by Crippen LogP contribution is -2.58. The number of amides is 7. The van der Waals surface area contributed by atoms with E-state index in [1.54, 1.807) is 89.2 Å². The van der Waals surface area contributed by atoms with E-state index in [0.717, 1.165) is 107 Å². The Labute approximate surface area is 618 Å². The van der Waals surface area contributed by atoms with Crippen LogP contribution in [0.3, 0.4) is 0 Å². The highest BCUT2D eigenvalue weighted by molar-refractivity contribution is 6.67. The molecule has 560 valence electrons. The summed E-state index contributed by atoms with van der Waals surface area (Å²) < 4.78 is 38.0. The predicted molar refractivity (Wildman–Crippen MR) is 397 cm³/mol. The largest absolute Gasteiger partial charge is 0.444 e. The summed E-state index contributed by atoms with van der Waals surface area (Å²) in [5.41, 5.74) is 4.11. The van der Waals surface area contributed by atoms with Gasteiger partial charge in [0.2, 0.25) is 23.6 Å². The molecule has 6 atom stereocenters. The van der Waals surface area contributed by atoms with E-state index in [2.05, 4.69) is 25.6 Å². The average Bonchev–Trinajstić information content (AvgIpc) is 1.77. The molecule has 2 N–H and O–H groups in total. The fourth-order valence-electron chi connectivity index (χ4n) is 14.4. The molecule has 2 aromatic carbocycles. The van der Waals surface area contributed by atoms with Crippen LogP contribution in [0.4, 0.5) is 13.6 Å². The molecule has 12 rings (SSSR count). The highest BCUT2D eigenvalue weighted by atomic mass is 35.5. The molecular weight excluding hydrogens is 1360 g/mol. The first kappa shape index (κ1) is 78.0. The molecule has 0 radical (unpaired) electrons. The lowest BCUT2D eigenvalue weighted by Gasteiger charge is -2.37. The van der Waals surface area contributed by atoms with Crippen LogP contribution in [-0.2, 0) is 36.8 Å². The van der Waals surface area contributed by atoms with Crippen molar-refractivity contribution in [1.82, 2.24) is 63.3 Å². The Hall–Kier alpha value is -9.58.